The van der Waals surface area contributed by atoms with E-state index in [1.165, 1.54) is 0 Å². The lowest BCUT2D eigenvalue weighted by atomic mass is 10.1. The van der Waals surface area contributed by atoms with Gasteiger partial charge in [0.2, 0.25) is 5.95 Å². The van der Waals surface area contributed by atoms with Crippen molar-refractivity contribution in [1.82, 2.24) is 35.6 Å². The maximum absolute atomic E-state index is 5.79. The number of rotatable bonds is 6. The minimum Gasteiger partial charge on any atom is -0.358 e. The smallest absolute Gasteiger partial charge is 0.229 e. The van der Waals surface area contributed by atoms with Crippen molar-refractivity contribution in [2.75, 3.05) is 47.8 Å². The second-order valence-corrected chi connectivity index (χ2v) is 8.89. The molecule has 11 heteroatoms. The number of hydrogen-bond acceptors (Lipinski definition) is 10. The minimum absolute atomic E-state index is 0.0127. The molecule has 0 radical (unpaired) electrons. The third-order valence-corrected chi connectivity index (χ3v) is 6.40. The molecule has 180 valence electrons. The monoisotopic (exact) mass is 472 g/mol. The fourth-order valence-electron chi connectivity index (χ4n) is 4.67. The highest BCUT2D eigenvalue weighted by Crippen LogP contribution is 2.37. The largest absolute Gasteiger partial charge is 0.358 e. The molecule has 2 fully saturated rings. The van der Waals surface area contributed by atoms with Gasteiger partial charge >= 0.3 is 0 Å². The van der Waals surface area contributed by atoms with E-state index in [4.69, 9.17) is 14.5 Å². The molecular formula is C24H28N10O. The summed E-state index contributed by atoms with van der Waals surface area (Å²) in [6.07, 6.45) is 3.72. The van der Waals surface area contributed by atoms with Crippen LogP contribution >= 0.6 is 0 Å². The Morgan fingerprint density at radius 2 is 1.94 bits per heavy atom. The maximum Gasteiger partial charge on any atom is 0.229 e. The average Bonchev–Trinajstić information content (AvgIpc) is 3.66. The molecule has 0 aliphatic carbocycles. The molecule has 2 aliphatic rings. The van der Waals surface area contributed by atoms with Crippen molar-refractivity contribution < 1.29 is 4.52 Å². The Labute approximate surface area is 203 Å². The van der Waals surface area contributed by atoms with Gasteiger partial charge in [-0.25, -0.2) is 0 Å². The van der Waals surface area contributed by atoms with Crippen molar-refractivity contribution in [1.29, 1.82) is 0 Å². The number of aryl methyl sites for hydroxylation is 1. The lowest BCUT2D eigenvalue weighted by molar-refractivity contribution is 0.362. The van der Waals surface area contributed by atoms with Crippen molar-refractivity contribution >= 4 is 23.4 Å². The van der Waals surface area contributed by atoms with Crippen LogP contribution < -0.4 is 20.4 Å². The molecule has 0 aromatic carbocycles. The van der Waals surface area contributed by atoms with E-state index in [1.54, 1.807) is 6.20 Å². The van der Waals surface area contributed by atoms with Crippen molar-refractivity contribution in [3.8, 4) is 11.4 Å². The molecule has 0 amide bonds. The number of hydrogen-bond donors (Lipinski definition) is 3. The summed E-state index contributed by atoms with van der Waals surface area (Å²) >= 11 is 0. The van der Waals surface area contributed by atoms with Gasteiger partial charge in [0.25, 0.3) is 0 Å². The van der Waals surface area contributed by atoms with Gasteiger partial charge < -0.3 is 25.0 Å². The van der Waals surface area contributed by atoms with Gasteiger partial charge in [0.05, 0.1) is 11.7 Å². The van der Waals surface area contributed by atoms with Crippen LogP contribution in [0.4, 0.5) is 23.4 Å². The molecule has 2 saturated heterocycles. The summed E-state index contributed by atoms with van der Waals surface area (Å²) in [5.74, 6) is 3.83. The highest BCUT2D eigenvalue weighted by Gasteiger charge is 2.32. The average molecular weight is 473 g/mol. The van der Waals surface area contributed by atoms with Crippen LogP contribution in [-0.2, 0) is 0 Å². The van der Waals surface area contributed by atoms with Crippen LogP contribution in [0.1, 0.15) is 30.3 Å². The Balaban J connectivity index is 1.32. The quantitative estimate of drug-likeness (QED) is 0.386. The van der Waals surface area contributed by atoms with Gasteiger partial charge in [0, 0.05) is 62.8 Å². The third kappa shape index (κ3) is 4.54. The number of pyridine rings is 1. The van der Waals surface area contributed by atoms with Crippen molar-refractivity contribution in [3.05, 3.63) is 54.0 Å². The molecule has 6 rings (SSSR count). The van der Waals surface area contributed by atoms with E-state index in [-0.39, 0.29) is 6.04 Å². The number of nitrogens with one attached hydrogen (secondary N) is 3. The molecular weight excluding hydrogens is 444 g/mol. The molecule has 2 aliphatic heterocycles. The first-order chi connectivity index (χ1) is 17.2. The topological polar surface area (TPSA) is 124 Å². The van der Waals surface area contributed by atoms with E-state index in [0.29, 0.717) is 11.8 Å². The molecule has 1 atom stereocenters. The first kappa shape index (κ1) is 21.5. The Hall–Kier alpha value is -3.99. The summed E-state index contributed by atoms with van der Waals surface area (Å²) < 4.78 is 5.79. The second kappa shape index (κ2) is 9.34. The van der Waals surface area contributed by atoms with Crippen LogP contribution in [0, 0.1) is 6.92 Å². The van der Waals surface area contributed by atoms with E-state index in [9.17, 15) is 0 Å². The molecule has 1 unspecified atom stereocenters. The van der Waals surface area contributed by atoms with E-state index in [0.717, 1.165) is 80.0 Å². The molecule has 11 nitrogen and oxygen atoms in total. The van der Waals surface area contributed by atoms with Gasteiger partial charge in [-0.2, -0.15) is 15.1 Å². The van der Waals surface area contributed by atoms with Gasteiger partial charge in [-0.3, -0.25) is 10.1 Å². The third-order valence-electron chi connectivity index (χ3n) is 6.40. The Morgan fingerprint density at radius 1 is 1.03 bits per heavy atom. The molecule has 4 aromatic heterocycles. The molecule has 6 heterocycles. The molecule has 0 saturated carbocycles. The van der Waals surface area contributed by atoms with Crippen molar-refractivity contribution in [3.63, 3.8) is 0 Å². The first-order valence-electron chi connectivity index (χ1n) is 12.0. The van der Waals surface area contributed by atoms with E-state index >= 15 is 0 Å². The number of aromatic nitrogens is 6. The Kier molecular flexibility index (Phi) is 5.75. The van der Waals surface area contributed by atoms with Crippen LogP contribution in [-0.4, -0.2) is 63.0 Å². The van der Waals surface area contributed by atoms with Gasteiger partial charge in [0.1, 0.15) is 17.3 Å². The van der Waals surface area contributed by atoms with E-state index < -0.39 is 0 Å². The fourth-order valence-corrected chi connectivity index (χ4v) is 4.67. The van der Waals surface area contributed by atoms with E-state index in [1.807, 2.05) is 43.3 Å². The number of H-pyrrole nitrogens is 1. The Morgan fingerprint density at radius 3 is 2.74 bits per heavy atom. The van der Waals surface area contributed by atoms with Gasteiger partial charge in [-0.05, 0) is 31.9 Å². The number of aromatic amines is 1. The molecule has 0 spiro atoms. The minimum atomic E-state index is 0.0127. The highest BCUT2D eigenvalue weighted by molar-refractivity contribution is 5.61. The standard InChI is InChI=1S/C24H28N10O/c1-16-13-22(31-30-16)27-21-15-23(33-11-8-25-9-12-33)29-24(28-21)34-10-4-6-19(34)20-14-18(32-35-20)17-5-2-3-7-26-17/h2-3,5,7,13-15,19,25H,4,6,8-12H2,1H3,(H2,27,28,29,30,31). The van der Waals surface area contributed by atoms with Crippen LogP contribution in [0.25, 0.3) is 11.4 Å². The SMILES string of the molecule is Cc1cc(Nc2cc(N3CCNCC3)nc(N3CCCC3c3cc(-c4ccccn4)no3)n2)n[nH]1. The predicted molar refractivity (Wildman–Crippen MR) is 133 cm³/mol. The normalized spacial score (nSPS) is 18.3. The zero-order valence-corrected chi connectivity index (χ0v) is 19.6. The van der Waals surface area contributed by atoms with Crippen LogP contribution in [0.2, 0.25) is 0 Å². The number of piperazine rings is 1. The van der Waals surface area contributed by atoms with Crippen LogP contribution in [0.15, 0.2) is 47.1 Å². The summed E-state index contributed by atoms with van der Waals surface area (Å²) in [6.45, 7) is 6.48. The fraction of sp³-hybridized carbons (Fsp3) is 0.375. The number of anilines is 4. The summed E-state index contributed by atoms with van der Waals surface area (Å²) in [5, 5.41) is 18.3. The first-order valence-corrected chi connectivity index (χ1v) is 12.0. The van der Waals surface area contributed by atoms with Crippen molar-refractivity contribution in [2.24, 2.45) is 0 Å². The second-order valence-electron chi connectivity index (χ2n) is 8.89. The molecule has 0 bridgehead atoms. The number of nitrogens with zero attached hydrogens (tertiary/aromatic N) is 7. The van der Waals surface area contributed by atoms with Gasteiger partial charge in [0.15, 0.2) is 11.6 Å². The van der Waals surface area contributed by atoms with Crippen molar-refractivity contribution in [2.45, 2.75) is 25.8 Å². The summed E-state index contributed by atoms with van der Waals surface area (Å²) in [6, 6.07) is 11.7. The molecule has 35 heavy (non-hydrogen) atoms. The van der Waals surface area contributed by atoms with Gasteiger partial charge in [-0.15, -0.1) is 0 Å². The van der Waals surface area contributed by atoms with Gasteiger partial charge in [-0.1, -0.05) is 11.2 Å². The lowest BCUT2D eigenvalue weighted by Crippen LogP contribution is -2.44. The molecule has 3 N–H and O–H groups in total. The summed E-state index contributed by atoms with van der Waals surface area (Å²) in [7, 11) is 0. The maximum atomic E-state index is 5.79. The van der Waals surface area contributed by atoms with E-state index in [2.05, 4.69) is 40.8 Å². The Bertz CT molecular complexity index is 1280. The summed E-state index contributed by atoms with van der Waals surface area (Å²) in [5.41, 5.74) is 2.52. The highest BCUT2D eigenvalue weighted by atomic mass is 16.5. The zero-order valence-electron chi connectivity index (χ0n) is 19.6. The van der Waals surface area contributed by atoms with Crippen LogP contribution in [0.5, 0.6) is 0 Å². The zero-order chi connectivity index (χ0) is 23.6. The lowest BCUT2D eigenvalue weighted by Gasteiger charge is -2.30. The summed E-state index contributed by atoms with van der Waals surface area (Å²) in [4.78, 5) is 18.8. The molecule has 4 aromatic rings. The predicted octanol–water partition coefficient (Wildman–Crippen LogP) is 3.05. The van der Waals surface area contributed by atoms with Crippen LogP contribution in [0.3, 0.4) is 0 Å².